The minimum Gasteiger partial charge on any atom is -0.454 e. The molecule has 0 bridgehead atoms. The van der Waals surface area contributed by atoms with E-state index in [4.69, 9.17) is 45.6 Å². The number of allylic oxidation sites excluding steroid dienone is 6. The van der Waals surface area contributed by atoms with E-state index in [0.717, 1.165) is 23.3 Å². The Balaban J connectivity index is 0.000000158. The third kappa shape index (κ3) is 24.2. The fourth-order valence-electron chi connectivity index (χ4n) is 7.12. The van der Waals surface area contributed by atoms with Crippen molar-refractivity contribution in [2.75, 3.05) is 17.2 Å². The molecule has 0 unspecified atom stereocenters. The number of halogens is 3. The van der Waals surface area contributed by atoms with Crippen molar-refractivity contribution in [1.82, 2.24) is 31.9 Å². The number of ether oxygens (including phenoxy) is 6. The number of nitrogens with one attached hydrogen (secondary N) is 6. The molecular weight excluding hydrogens is 1190 g/mol. The summed E-state index contributed by atoms with van der Waals surface area (Å²) in [6, 6.07) is 42.4. The smallest absolute Gasteiger partial charge is 0.419 e. The predicted octanol–water partition coefficient (Wildman–Crippen LogP) is 12.7. The van der Waals surface area contributed by atoms with Crippen LogP contribution in [0.2, 0.25) is 0 Å². The van der Waals surface area contributed by atoms with Crippen LogP contribution in [0.5, 0.6) is 34.5 Å². The second kappa shape index (κ2) is 33.9. The van der Waals surface area contributed by atoms with Gasteiger partial charge in [0.1, 0.15) is 69.4 Å². The Morgan fingerprint density at radius 1 is 0.333 bits per heavy atom. The lowest BCUT2D eigenvalue weighted by molar-refractivity contribution is -0.138. The monoisotopic (exact) mass is 1260 g/mol. The summed E-state index contributed by atoms with van der Waals surface area (Å²) in [5.41, 5.74) is 20.4. The van der Waals surface area contributed by atoms with Crippen molar-refractivity contribution in [3.8, 4) is 34.5 Å². The first-order valence-corrected chi connectivity index (χ1v) is 27.8. The zero-order chi connectivity index (χ0) is 66.5. The van der Waals surface area contributed by atoms with Crippen LogP contribution in [-0.4, -0.2) is 37.3 Å². The van der Waals surface area contributed by atoms with Crippen molar-refractivity contribution in [1.29, 1.82) is 0 Å². The maximum absolute atomic E-state index is 12.7. The molecule has 474 valence electrons. The van der Waals surface area contributed by atoms with Gasteiger partial charge >= 0.3 is 6.18 Å². The number of benzene rings is 6. The molecule has 0 saturated carbocycles. The van der Waals surface area contributed by atoms with Crippen molar-refractivity contribution in [3.05, 3.63) is 308 Å². The van der Waals surface area contributed by atoms with Gasteiger partial charge in [-0.3, -0.25) is 0 Å². The number of alkyl halides is 3. The third-order valence-corrected chi connectivity index (χ3v) is 11.6. The lowest BCUT2D eigenvalue weighted by atomic mass is 10.2. The molecule has 6 aromatic rings. The molecule has 6 aliphatic heterocycles. The highest BCUT2D eigenvalue weighted by molar-refractivity contribution is 5.81. The van der Waals surface area contributed by atoms with Gasteiger partial charge in [0, 0.05) is 54.6 Å². The molecule has 12 rings (SSSR count). The first-order valence-electron chi connectivity index (χ1n) is 27.8. The number of aryl methyl sites for hydroxylation is 2. The van der Waals surface area contributed by atoms with Crippen LogP contribution in [0.25, 0.3) is 0 Å². The van der Waals surface area contributed by atoms with Gasteiger partial charge in [0.25, 0.3) is 0 Å². The van der Waals surface area contributed by atoms with E-state index in [2.05, 4.69) is 101 Å². The number of hydrogen-bond donors (Lipinski definition) is 9. The van der Waals surface area contributed by atoms with Crippen molar-refractivity contribution >= 4 is 54.3 Å². The van der Waals surface area contributed by atoms with Crippen LogP contribution in [-0.2, 0) is 6.18 Å². The molecule has 0 fully saturated rings. The highest BCUT2D eigenvalue weighted by atomic mass is 19.4. The van der Waals surface area contributed by atoms with Gasteiger partial charge in [0.15, 0.2) is 34.6 Å². The number of nitrogen functional groups attached to an aromatic ring is 3. The zero-order valence-corrected chi connectivity index (χ0v) is 50.5. The predicted molar refractivity (Wildman–Crippen MR) is 363 cm³/mol. The van der Waals surface area contributed by atoms with Gasteiger partial charge < -0.3 is 77.5 Å². The maximum Gasteiger partial charge on any atom is 0.419 e. The van der Waals surface area contributed by atoms with Gasteiger partial charge in [0.05, 0.1) is 48.5 Å². The van der Waals surface area contributed by atoms with E-state index in [9.17, 15) is 13.2 Å². The molecule has 0 radical (unpaired) electrons. The molecule has 93 heavy (non-hydrogen) atoms. The van der Waals surface area contributed by atoms with Crippen LogP contribution >= 0.6 is 0 Å². The minimum absolute atomic E-state index is 0.180. The van der Waals surface area contributed by atoms with E-state index in [1.54, 1.807) is 111 Å². The summed E-state index contributed by atoms with van der Waals surface area (Å²) >= 11 is 0. The van der Waals surface area contributed by atoms with Crippen LogP contribution in [0.3, 0.4) is 0 Å². The highest BCUT2D eigenvalue weighted by Gasteiger charge is 2.34. The van der Waals surface area contributed by atoms with Gasteiger partial charge in [0.2, 0.25) is 0 Å². The summed E-state index contributed by atoms with van der Waals surface area (Å²) in [6.07, 6.45) is 14.8. The highest BCUT2D eigenvalue weighted by Crippen LogP contribution is 2.36. The second-order valence-corrected chi connectivity index (χ2v) is 19.3. The van der Waals surface area contributed by atoms with Crippen molar-refractivity contribution < 1.29 is 41.6 Å². The normalized spacial score (nSPS) is 14.5. The summed E-state index contributed by atoms with van der Waals surface area (Å²) in [4.78, 5) is 23.7. The van der Waals surface area contributed by atoms with Crippen LogP contribution < -0.4 is 77.5 Å². The van der Waals surface area contributed by atoms with Gasteiger partial charge in [-0.05, 0) is 104 Å². The third-order valence-electron chi connectivity index (χ3n) is 11.6. The van der Waals surface area contributed by atoms with E-state index in [-0.39, 0.29) is 11.5 Å². The molecule has 0 saturated heterocycles. The summed E-state index contributed by atoms with van der Waals surface area (Å²) in [5.74, 6) is 10.1. The summed E-state index contributed by atoms with van der Waals surface area (Å²) in [5, 5.41) is 17.0. The molecular formula is C69H66F3N15O6. The Hall–Kier alpha value is -13.0. The molecule has 0 aromatic heterocycles. The zero-order valence-electron chi connectivity index (χ0n) is 50.5. The van der Waals surface area contributed by atoms with E-state index >= 15 is 0 Å². The summed E-state index contributed by atoms with van der Waals surface area (Å²) < 4.78 is 71.0. The van der Waals surface area contributed by atoms with Crippen molar-refractivity contribution in [3.63, 3.8) is 0 Å². The Kier molecular flexibility index (Phi) is 24.6. The Labute approximate surface area is 535 Å². The molecule has 24 heteroatoms. The molecule has 0 atom stereocenters. The average molecular weight is 1260 g/mol. The number of anilines is 3. The van der Waals surface area contributed by atoms with Crippen molar-refractivity contribution in [2.45, 2.75) is 20.0 Å². The van der Waals surface area contributed by atoms with Crippen LogP contribution in [0.1, 0.15) is 16.7 Å². The lowest BCUT2D eigenvalue weighted by Crippen LogP contribution is -2.14. The molecule has 6 heterocycles. The molecule has 6 aromatic carbocycles. The Bertz CT molecular complexity index is 3930. The number of hydrogen-bond acceptors (Lipinski definition) is 21. The van der Waals surface area contributed by atoms with Crippen molar-refractivity contribution in [2.24, 2.45) is 30.0 Å². The Morgan fingerprint density at radius 2 is 0.677 bits per heavy atom. The van der Waals surface area contributed by atoms with Gasteiger partial charge in [-0.15, -0.1) is 0 Å². The minimum atomic E-state index is -4.46. The lowest BCUT2D eigenvalue weighted by Gasteiger charge is -2.15. The number of aliphatic imine (C=N–C) groups is 6. The van der Waals surface area contributed by atoms with E-state index in [0.29, 0.717) is 92.3 Å². The van der Waals surface area contributed by atoms with Gasteiger partial charge in [-0.1, -0.05) is 99.6 Å². The quantitative estimate of drug-likeness (QED) is 0.0515. The first kappa shape index (κ1) is 67.5. The van der Waals surface area contributed by atoms with Gasteiger partial charge in [-0.2, -0.15) is 13.2 Å². The molecule has 12 N–H and O–H groups in total. The molecule has 0 aliphatic carbocycles. The summed E-state index contributed by atoms with van der Waals surface area (Å²) in [6.45, 7) is 25.8. The summed E-state index contributed by atoms with van der Waals surface area (Å²) in [7, 11) is 0. The van der Waals surface area contributed by atoms with E-state index in [1.165, 1.54) is 41.7 Å². The maximum atomic E-state index is 12.7. The molecule has 21 nitrogen and oxygen atoms in total. The van der Waals surface area contributed by atoms with Gasteiger partial charge in [-0.25, -0.2) is 30.0 Å². The molecule has 6 aliphatic rings. The number of nitrogens with two attached hydrogens (primary N) is 3. The fourth-order valence-corrected chi connectivity index (χ4v) is 7.12. The van der Waals surface area contributed by atoms with Crippen LogP contribution in [0, 0.1) is 13.8 Å². The fraction of sp³-hybridized carbons (Fsp3) is 0.0435. The average Bonchev–Trinajstić information content (AvgIpc) is 1.95. The van der Waals surface area contributed by atoms with E-state index in [1.807, 2.05) is 86.6 Å². The molecule has 0 spiro atoms. The topological polar surface area (TPSA) is 280 Å². The number of para-hydroxylation sites is 3. The number of nitrogens with zero attached hydrogens (tertiary/aromatic N) is 6. The molecule has 0 amide bonds. The van der Waals surface area contributed by atoms with Crippen LogP contribution in [0.15, 0.2) is 322 Å². The Morgan fingerprint density at radius 3 is 1.05 bits per heavy atom. The SMILES string of the molecule is C=C1N=CC(Oc2ccc(C)cc2)=CN1.C=C1N=CC(Oc2ccc(N)cc2)=CN1.C=C1N=CC(Oc2cccc(C)c2)=CN1.C=C1N=CC(Oc2cccc(N)c2)=CN1.C=C1N=CC(Oc2ccccc2C(F)(F)F)=CN1.C=C1N=CC(Oc2ccccc2N)=CN1. The number of rotatable bonds is 12. The van der Waals surface area contributed by atoms with E-state index < -0.39 is 11.7 Å². The first-order chi connectivity index (χ1) is 44.7. The van der Waals surface area contributed by atoms with Crippen LogP contribution in [0.4, 0.5) is 30.2 Å². The standard InChI is InChI=1S/C12H9F3N2O.2C12H12N2O.3C11H11N3O/c1-8-16-6-9(7-17-8)18-11-5-3-2-4-10(11)12(13,14)15;1-9-3-5-11(6-4-9)15-12-7-13-10(2)14-8-12;1-9-4-3-5-11(6-9)15-12-7-13-10(2)14-8-12;1-8-13-6-11(7-14-8)15-10-4-2-9(12)3-5-10;1-8-13-6-11(7-14-8)15-10-4-2-3-9(12)5-10;1-8-13-6-9(7-14-8)15-11-5-3-2-4-10(11)12/h2-7,16H,1H2;2*3-8,13H,2H2,1H3;3*2-7,13H,1,12H2. The largest absolute Gasteiger partial charge is 0.454 e. The second-order valence-electron chi connectivity index (χ2n) is 19.3.